The molecule has 1 aliphatic rings. The first-order valence-corrected chi connectivity index (χ1v) is 9.81. The number of nitrogens with one attached hydrogen (secondary N) is 1. The lowest BCUT2D eigenvalue weighted by atomic mass is 10.1. The van der Waals surface area contributed by atoms with Crippen LogP contribution in [-0.2, 0) is 11.4 Å². The van der Waals surface area contributed by atoms with Crippen LogP contribution in [0.1, 0.15) is 11.3 Å². The number of hydrogen-bond acceptors (Lipinski definition) is 6. The van der Waals surface area contributed by atoms with Gasteiger partial charge in [-0.3, -0.25) is 9.78 Å². The Morgan fingerprint density at radius 1 is 1.13 bits per heavy atom. The maximum Gasteiger partial charge on any atom is 0.248 e. The molecule has 7 heteroatoms. The number of nitrogens with zero attached hydrogens (tertiary/aromatic N) is 1. The van der Waals surface area contributed by atoms with E-state index in [1.807, 2.05) is 36.4 Å². The van der Waals surface area contributed by atoms with E-state index in [1.165, 1.54) is 6.08 Å². The highest BCUT2D eigenvalue weighted by molar-refractivity contribution is 6.02. The number of rotatable bonds is 7. The first-order chi connectivity index (χ1) is 15.2. The Morgan fingerprint density at radius 3 is 2.87 bits per heavy atom. The number of carbonyl (C=O) groups is 1. The molecular formula is C24H22N2O5. The van der Waals surface area contributed by atoms with Gasteiger partial charge in [0.25, 0.3) is 0 Å². The van der Waals surface area contributed by atoms with Crippen LogP contribution in [0.4, 0.5) is 5.69 Å². The molecule has 1 amide bonds. The van der Waals surface area contributed by atoms with Crippen molar-refractivity contribution in [3.8, 4) is 23.0 Å². The lowest BCUT2D eigenvalue weighted by Gasteiger charge is -2.20. The number of amides is 1. The molecule has 1 N–H and O–H groups in total. The largest absolute Gasteiger partial charge is 0.493 e. The van der Waals surface area contributed by atoms with Gasteiger partial charge in [-0.05, 0) is 48.0 Å². The summed E-state index contributed by atoms with van der Waals surface area (Å²) >= 11 is 0. The Labute approximate surface area is 180 Å². The third kappa shape index (κ3) is 5.33. The smallest absolute Gasteiger partial charge is 0.248 e. The summed E-state index contributed by atoms with van der Waals surface area (Å²) in [7, 11) is 1.57. The molecule has 0 radical (unpaired) electrons. The summed E-state index contributed by atoms with van der Waals surface area (Å²) in [5.74, 6) is 2.12. The van der Waals surface area contributed by atoms with Gasteiger partial charge in [0.05, 0.1) is 12.8 Å². The monoisotopic (exact) mass is 418 g/mol. The van der Waals surface area contributed by atoms with E-state index in [9.17, 15) is 4.79 Å². The third-order valence-electron chi connectivity index (χ3n) is 4.49. The highest BCUT2D eigenvalue weighted by Crippen LogP contribution is 2.40. The lowest BCUT2D eigenvalue weighted by molar-refractivity contribution is -0.111. The number of hydrogen-bond donors (Lipinski definition) is 1. The molecule has 0 aliphatic carbocycles. The van der Waals surface area contributed by atoms with Crippen LogP contribution in [0.15, 0.2) is 66.9 Å². The minimum Gasteiger partial charge on any atom is -0.493 e. The number of carbonyl (C=O) groups excluding carboxylic acids is 1. The molecule has 0 unspecified atom stereocenters. The first-order valence-electron chi connectivity index (χ1n) is 9.81. The van der Waals surface area contributed by atoms with Gasteiger partial charge in [-0.25, -0.2) is 0 Å². The molecule has 1 aliphatic heterocycles. The molecule has 1 aromatic heterocycles. The number of aromatic nitrogens is 1. The predicted octanol–water partition coefficient (Wildman–Crippen LogP) is 4.09. The van der Waals surface area contributed by atoms with Crippen molar-refractivity contribution in [2.24, 2.45) is 0 Å². The highest BCUT2D eigenvalue weighted by atomic mass is 16.6. The highest BCUT2D eigenvalue weighted by Gasteiger charge is 2.17. The zero-order valence-electron chi connectivity index (χ0n) is 17.0. The molecule has 0 saturated heterocycles. The Bertz CT molecular complexity index is 1070. The van der Waals surface area contributed by atoms with E-state index in [4.69, 9.17) is 18.9 Å². The second kappa shape index (κ2) is 9.67. The number of benzene rings is 2. The number of ether oxygens (including phenoxy) is 4. The summed E-state index contributed by atoms with van der Waals surface area (Å²) in [6.45, 7) is 1.30. The van der Waals surface area contributed by atoms with Crippen LogP contribution >= 0.6 is 0 Å². The normalized spacial score (nSPS) is 12.4. The predicted molar refractivity (Wildman–Crippen MR) is 117 cm³/mol. The van der Waals surface area contributed by atoms with Gasteiger partial charge in [0, 0.05) is 24.0 Å². The van der Waals surface area contributed by atoms with Crippen LogP contribution < -0.4 is 24.3 Å². The van der Waals surface area contributed by atoms with Crippen molar-refractivity contribution >= 4 is 17.7 Å². The van der Waals surface area contributed by atoms with E-state index in [0.29, 0.717) is 48.5 Å². The minimum atomic E-state index is -0.268. The van der Waals surface area contributed by atoms with Crippen LogP contribution in [0.2, 0.25) is 0 Å². The standard InChI is InChI=1S/C24H22N2O5/c1-28-21-13-17(14-22-24(21)30-12-11-29-22)8-9-23(27)26-18-6-4-7-20(15-18)31-16-19-5-2-3-10-25-19/h2-10,13-15H,11-12,16H2,1H3,(H,26,27)/b9-8+. The number of anilines is 1. The Morgan fingerprint density at radius 2 is 2.03 bits per heavy atom. The van der Waals surface area contributed by atoms with Crippen molar-refractivity contribution in [1.82, 2.24) is 4.98 Å². The van der Waals surface area contributed by atoms with Gasteiger partial charge >= 0.3 is 0 Å². The van der Waals surface area contributed by atoms with E-state index in [0.717, 1.165) is 11.3 Å². The van der Waals surface area contributed by atoms with Crippen molar-refractivity contribution in [2.45, 2.75) is 6.61 Å². The van der Waals surface area contributed by atoms with Crippen molar-refractivity contribution in [3.05, 3.63) is 78.1 Å². The SMILES string of the molecule is COc1cc(/C=C/C(=O)Nc2cccc(OCc3ccccn3)c2)cc2c1OCCO2. The lowest BCUT2D eigenvalue weighted by Crippen LogP contribution is -2.16. The van der Waals surface area contributed by atoms with Gasteiger partial charge in [-0.15, -0.1) is 0 Å². The molecule has 158 valence electrons. The molecule has 2 heterocycles. The minimum absolute atomic E-state index is 0.268. The van der Waals surface area contributed by atoms with Crippen molar-refractivity contribution in [1.29, 1.82) is 0 Å². The van der Waals surface area contributed by atoms with Crippen LogP contribution in [0.25, 0.3) is 6.08 Å². The molecule has 4 rings (SSSR count). The van der Waals surface area contributed by atoms with E-state index in [-0.39, 0.29) is 5.91 Å². The molecule has 3 aromatic rings. The summed E-state index contributed by atoms with van der Waals surface area (Å²) in [6, 6.07) is 16.5. The fourth-order valence-corrected chi connectivity index (χ4v) is 3.05. The molecule has 0 saturated carbocycles. The molecule has 0 spiro atoms. The fourth-order valence-electron chi connectivity index (χ4n) is 3.05. The summed E-state index contributed by atoms with van der Waals surface area (Å²) in [6.07, 6.45) is 4.86. The van der Waals surface area contributed by atoms with Crippen molar-refractivity contribution in [3.63, 3.8) is 0 Å². The topological polar surface area (TPSA) is 78.9 Å². The Hall–Kier alpha value is -4.00. The van der Waals surface area contributed by atoms with Gasteiger partial charge < -0.3 is 24.3 Å². The molecule has 2 aromatic carbocycles. The second-order valence-corrected chi connectivity index (χ2v) is 6.71. The van der Waals surface area contributed by atoms with E-state index >= 15 is 0 Å². The fraction of sp³-hybridized carbons (Fsp3) is 0.167. The maximum atomic E-state index is 12.4. The first kappa shape index (κ1) is 20.3. The van der Waals surface area contributed by atoms with E-state index in [1.54, 1.807) is 37.6 Å². The van der Waals surface area contributed by atoms with Gasteiger partial charge in [0.1, 0.15) is 25.6 Å². The van der Waals surface area contributed by atoms with Crippen LogP contribution in [-0.4, -0.2) is 31.2 Å². The van der Waals surface area contributed by atoms with Crippen LogP contribution in [0.3, 0.4) is 0 Å². The number of methoxy groups -OCH3 is 1. The summed E-state index contributed by atoms with van der Waals surface area (Å²) in [4.78, 5) is 16.6. The van der Waals surface area contributed by atoms with Crippen molar-refractivity contribution in [2.75, 3.05) is 25.6 Å². The number of pyridine rings is 1. The molecule has 31 heavy (non-hydrogen) atoms. The number of fused-ring (bicyclic) bond motifs is 1. The summed E-state index contributed by atoms with van der Waals surface area (Å²) in [5, 5.41) is 2.83. The zero-order chi connectivity index (χ0) is 21.5. The average molecular weight is 418 g/mol. The van der Waals surface area contributed by atoms with Crippen LogP contribution in [0, 0.1) is 0 Å². The second-order valence-electron chi connectivity index (χ2n) is 6.71. The van der Waals surface area contributed by atoms with E-state index < -0.39 is 0 Å². The average Bonchev–Trinajstić information content (AvgIpc) is 2.82. The molecule has 7 nitrogen and oxygen atoms in total. The van der Waals surface area contributed by atoms with Crippen molar-refractivity contribution < 1.29 is 23.7 Å². The Balaban J connectivity index is 1.39. The third-order valence-corrected chi connectivity index (χ3v) is 4.49. The van der Waals surface area contributed by atoms with Gasteiger partial charge in [0.2, 0.25) is 11.7 Å². The van der Waals surface area contributed by atoms with Gasteiger partial charge in [-0.2, -0.15) is 0 Å². The van der Waals surface area contributed by atoms with Gasteiger partial charge in [0.15, 0.2) is 11.5 Å². The summed E-state index contributed by atoms with van der Waals surface area (Å²) < 4.78 is 22.3. The summed E-state index contributed by atoms with van der Waals surface area (Å²) in [5.41, 5.74) is 2.23. The molecular weight excluding hydrogens is 396 g/mol. The maximum absolute atomic E-state index is 12.4. The Kier molecular flexibility index (Phi) is 6.32. The van der Waals surface area contributed by atoms with Crippen LogP contribution in [0.5, 0.6) is 23.0 Å². The molecule has 0 bridgehead atoms. The van der Waals surface area contributed by atoms with Gasteiger partial charge in [-0.1, -0.05) is 12.1 Å². The zero-order valence-corrected chi connectivity index (χ0v) is 17.0. The molecule has 0 fully saturated rings. The van der Waals surface area contributed by atoms with E-state index in [2.05, 4.69) is 10.3 Å². The quantitative estimate of drug-likeness (QED) is 0.582. The molecule has 0 atom stereocenters.